The maximum absolute atomic E-state index is 12.7. The van der Waals surface area contributed by atoms with Gasteiger partial charge >= 0.3 is 6.61 Å². The van der Waals surface area contributed by atoms with Crippen molar-refractivity contribution < 1.29 is 18.3 Å². The third-order valence-corrected chi connectivity index (χ3v) is 4.37. The first kappa shape index (κ1) is 21.1. The summed E-state index contributed by atoms with van der Waals surface area (Å²) in [6, 6.07) is 12.6. The number of rotatable bonds is 8. The van der Waals surface area contributed by atoms with E-state index in [-0.39, 0.29) is 12.3 Å². The molecule has 0 aliphatic carbocycles. The molecule has 0 aliphatic rings. The molecular weight excluding hydrogens is 392 g/mol. The average Bonchev–Trinajstić information content (AvgIpc) is 3.29. The first-order chi connectivity index (χ1) is 14.6. The van der Waals surface area contributed by atoms with Crippen LogP contribution >= 0.6 is 0 Å². The molecule has 2 aromatic carbocycles. The van der Waals surface area contributed by atoms with Gasteiger partial charge in [0.2, 0.25) is 0 Å². The molecular formula is C21H23F2N5O2. The van der Waals surface area contributed by atoms with Crippen LogP contribution in [0, 0.1) is 0 Å². The number of methoxy groups -OCH3 is 1. The Morgan fingerprint density at radius 2 is 1.90 bits per heavy atom. The molecule has 0 radical (unpaired) electrons. The third-order valence-electron chi connectivity index (χ3n) is 4.37. The lowest BCUT2D eigenvalue weighted by molar-refractivity contribution is -0.0504. The molecule has 0 saturated heterocycles. The van der Waals surface area contributed by atoms with E-state index in [2.05, 4.69) is 25.3 Å². The molecule has 2 N–H and O–H groups in total. The van der Waals surface area contributed by atoms with E-state index in [1.807, 2.05) is 35.0 Å². The molecule has 0 aliphatic heterocycles. The summed E-state index contributed by atoms with van der Waals surface area (Å²) in [5.41, 5.74) is 2.57. The predicted molar refractivity (Wildman–Crippen MR) is 110 cm³/mol. The first-order valence-corrected chi connectivity index (χ1v) is 9.23. The molecule has 158 valence electrons. The number of aromatic nitrogens is 2. The Hall–Kier alpha value is -3.62. The summed E-state index contributed by atoms with van der Waals surface area (Å²) >= 11 is 0. The van der Waals surface area contributed by atoms with Crippen LogP contribution < -0.4 is 20.1 Å². The highest BCUT2D eigenvalue weighted by Crippen LogP contribution is 2.25. The largest absolute Gasteiger partial charge is 0.497 e. The van der Waals surface area contributed by atoms with Gasteiger partial charge in [-0.3, -0.25) is 4.99 Å². The maximum atomic E-state index is 12.7. The summed E-state index contributed by atoms with van der Waals surface area (Å²) in [5.74, 6) is 1.14. The summed E-state index contributed by atoms with van der Waals surface area (Å²) in [6.07, 6.45) is 5.33. The Kier molecular flexibility index (Phi) is 7.20. The molecule has 1 heterocycles. The van der Waals surface area contributed by atoms with Crippen molar-refractivity contribution in [1.29, 1.82) is 0 Å². The van der Waals surface area contributed by atoms with Crippen molar-refractivity contribution in [2.24, 2.45) is 4.99 Å². The number of halogens is 2. The second-order valence-electron chi connectivity index (χ2n) is 6.23. The molecule has 0 bridgehead atoms. The van der Waals surface area contributed by atoms with Crippen LogP contribution in [0.5, 0.6) is 11.5 Å². The molecule has 30 heavy (non-hydrogen) atoms. The normalized spacial score (nSPS) is 11.4. The number of imidazole rings is 1. The van der Waals surface area contributed by atoms with E-state index in [1.165, 1.54) is 13.2 Å². The highest BCUT2D eigenvalue weighted by molar-refractivity contribution is 5.79. The molecule has 0 spiro atoms. The highest BCUT2D eigenvalue weighted by atomic mass is 19.3. The van der Waals surface area contributed by atoms with E-state index in [4.69, 9.17) is 4.74 Å². The lowest BCUT2D eigenvalue weighted by Crippen LogP contribution is -2.36. The van der Waals surface area contributed by atoms with Crippen molar-refractivity contribution in [3.63, 3.8) is 0 Å². The third kappa shape index (κ3) is 5.47. The Morgan fingerprint density at radius 1 is 1.13 bits per heavy atom. The fourth-order valence-electron chi connectivity index (χ4n) is 2.92. The van der Waals surface area contributed by atoms with Gasteiger partial charge in [-0.1, -0.05) is 18.2 Å². The zero-order valence-electron chi connectivity index (χ0n) is 16.7. The molecule has 3 rings (SSSR count). The number of benzene rings is 2. The SMILES string of the molecule is CN=C(NCc1cc(OC)ccc1OC(F)F)NCc1ccccc1-n1ccnc1. The fraction of sp³-hybridized carbons (Fsp3) is 0.238. The molecule has 3 aromatic rings. The average molecular weight is 415 g/mol. The van der Waals surface area contributed by atoms with Crippen molar-refractivity contribution in [2.45, 2.75) is 19.7 Å². The van der Waals surface area contributed by atoms with Gasteiger partial charge in [0.05, 0.1) is 19.1 Å². The van der Waals surface area contributed by atoms with Gasteiger partial charge < -0.3 is 24.7 Å². The van der Waals surface area contributed by atoms with E-state index in [1.54, 1.807) is 31.7 Å². The molecule has 0 unspecified atom stereocenters. The fourth-order valence-corrected chi connectivity index (χ4v) is 2.92. The van der Waals surface area contributed by atoms with Crippen LogP contribution in [0.2, 0.25) is 0 Å². The smallest absolute Gasteiger partial charge is 0.387 e. The van der Waals surface area contributed by atoms with Crippen LogP contribution in [0.25, 0.3) is 5.69 Å². The zero-order chi connectivity index (χ0) is 21.3. The number of hydrogen-bond donors (Lipinski definition) is 2. The van der Waals surface area contributed by atoms with Crippen molar-refractivity contribution in [2.75, 3.05) is 14.2 Å². The van der Waals surface area contributed by atoms with Gasteiger partial charge in [-0.05, 0) is 29.8 Å². The van der Waals surface area contributed by atoms with Crippen LogP contribution in [0.15, 0.2) is 66.2 Å². The van der Waals surface area contributed by atoms with Crippen molar-refractivity contribution in [1.82, 2.24) is 20.2 Å². The van der Waals surface area contributed by atoms with E-state index < -0.39 is 6.61 Å². The quantitative estimate of drug-likeness (QED) is 0.436. The van der Waals surface area contributed by atoms with Gasteiger partial charge in [0.25, 0.3) is 0 Å². The Labute approximate surface area is 173 Å². The first-order valence-electron chi connectivity index (χ1n) is 9.23. The number of hydrogen-bond acceptors (Lipinski definition) is 4. The predicted octanol–water partition coefficient (Wildman–Crippen LogP) is 3.35. The Morgan fingerprint density at radius 3 is 2.57 bits per heavy atom. The van der Waals surface area contributed by atoms with E-state index in [0.717, 1.165) is 11.3 Å². The second kappa shape index (κ2) is 10.2. The molecule has 0 amide bonds. The van der Waals surface area contributed by atoms with Gasteiger partial charge in [-0.2, -0.15) is 8.78 Å². The number of ether oxygens (including phenoxy) is 2. The van der Waals surface area contributed by atoms with E-state index >= 15 is 0 Å². The minimum absolute atomic E-state index is 0.0826. The number of guanidine groups is 1. The summed E-state index contributed by atoms with van der Waals surface area (Å²) in [7, 11) is 3.15. The molecule has 1 aromatic heterocycles. The van der Waals surface area contributed by atoms with Crippen molar-refractivity contribution in [3.05, 3.63) is 72.3 Å². The van der Waals surface area contributed by atoms with Crippen LogP contribution in [-0.2, 0) is 13.1 Å². The van der Waals surface area contributed by atoms with E-state index in [0.29, 0.717) is 23.8 Å². The number of alkyl halides is 2. The second-order valence-corrected chi connectivity index (χ2v) is 6.23. The zero-order valence-corrected chi connectivity index (χ0v) is 16.7. The Bertz CT molecular complexity index is 977. The Balaban J connectivity index is 1.67. The number of para-hydroxylation sites is 1. The number of nitrogens with zero attached hydrogens (tertiary/aromatic N) is 3. The van der Waals surface area contributed by atoms with E-state index in [9.17, 15) is 8.78 Å². The van der Waals surface area contributed by atoms with Gasteiger partial charge in [-0.25, -0.2) is 4.98 Å². The summed E-state index contributed by atoms with van der Waals surface area (Å²) in [4.78, 5) is 8.29. The standard InChI is InChI=1S/C21H23F2N5O2/c1-24-21(26-12-15-5-3-4-6-18(15)28-10-9-25-14-28)27-13-16-11-17(29-2)7-8-19(16)30-20(22)23/h3-11,14,20H,12-13H2,1-2H3,(H2,24,26,27). The minimum atomic E-state index is -2.91. The van der Waals surface area contributed by atoms with Crippen LogP contribution in [0.1, 0.15) is 11.1 Å². The van der Waals surface area contributed by atoms with Crippen molar-refractivity contribution in [3.8, 4) is 17.2 Å². The van der Waals surface area contributed by atoms with Crippen LogP contribution in [0.3, 0.4) is 0 Å². The minimum Gasteiger partial charge on any atom is -0.497 e. The van der Waals surface area contributed by atoms with Crippen LogP contribution in [-0.4, -0.2) is 36.3 Å². The monoisotopic (exact) mass is 415 g/mol. The lowest BCUT2D eigenvalue weighted by atomic mass is 10.1. The summed E-state index contributed by atoms with van der Waals surface area (Å²) in [6.45, 7) is -2.18. The highest BCUT2D eigenvalue weighted by Gasteiger charge is 2.12. The molecule has 0 atom stereocenters. The topological polar surface area (TPSA) is 72.7 Å². The molecule has 0 saturated carbocycles. The molecule has 7 nitrogen and oxygen atoms in total. The van der Waals surface area contributed by atoms with Crippen molar-refractivity contribution >= 4 is 5.96 Å². The van der Waals surface area contributed by atoms with Gasteiger partial charge in [0, 0.05) is 38.1 Å². The van der Waals surface area contributed by atoms with Gasteiger partial charge in [-0.15, -0.1) is 0 Å². The van der Waals surface area contributed by atoms with Gasteiger partial charge in [0.15, 0.2) is 5.96 Å². The van der Waals surface area contributed by atoms with Gasteiger partial charge in [0.1, 0.15) is 11.5 Å². The number of aliphatic imine (C=N–C) groups is 1. The number of nitrogens with one attached hydrogen (secondary N) is 2. The molecule has 9 heteroatoms. The molecule has 0 fully saturated rings. The van der Waals surface area contributed by atoms with Crippen LogP contribution in [0.4, 0.5) is 8.78 Å². The summed E-state index contributed by atoms with van der Waals surface area (Å²) in [5, 5.41) is 6.35. The maximum Gasteiger partial charge on any atom is 0.387 e. The summed E-state index contributed by atoms with van der Waals surface area (Å²) < 4.78 is 37.1. The lowest BCUT2D eigenvalue weighted by Gasteiger charge is -2.16.